The van der Waals surface area contributed by atoms with Gasteiger partial charge >= 0.3 is 0 Å². The summed E-state index contributed by atoms with van der Waals surface area (Å²) in [6.45, 7) is 9.65. The van der Waals surface area contributed by atoms with Crippen LogP contribution in [0.2, 0.25) is 0 Å². The SMILES string of the molecule is CCOCCCNC1CCC(C)C1C. The van der Waals surface area contributed by atoms with E-state index in [1.54, 1.807) is 0 Å². The zero-order valence-corrected chi connectivity index (χ0v) is 9.88. The van der Waals surface area contributed by atoms with Gasteiger partial charge in [0, 0.05) is 19.3 Å². The van der Waals surface area contributed by atoms with Gasteiger partial charge in [-0.15, -0.1) is 0 Å². The molecule has 0 radical (unpaired) electrons. The van der Waals surface area contributed by atoms with Gasteiger partial charge in [-0.3, -0.25) is 0 Å². The summed E-state index contributed by atoms with van der Waals surface area (Å²) in [4.78, 5) is 0. The van der Waals surface area contributed by atoms with Gasteiger partial charge in [0.1, 0.15) is 0 Å². The highest BCUT2D eigenvalue weighted by Gasteiger charge is 2.28. The molecule has 0 saturated heterocycles. The summed E-state index contributed by atoms with van der Waals surface area (Å²) < 4.78 is 5.31. The standard InChI is InChI=1S/C12H25NO/c1-4-14-9-5-8-13-12-7-6-10(2)11(12)3/h10-13H,4-9H2,1-3H3. The van der Waals surface area contributed by atoms with Gasteiger partial charge in [0.05, 0.1) is 0 Å². The summed E-state index contributed by atoms with van der Waals surface area (Å²) in [7, 11) is 0. The third kappa shape index (κ3) is 3.58. The van der Waals surface area contributed by atoms with Crippen LogP contribution in [0.5, 0.6) is 0 Å². The van der Waals surface area contributed by atoms with Crippen LogP contribution in [-0.2, 0) is 4.74 Å². The van der Waals surface area contributed by atoms with E-state index in [9.17, 15) is 0 Å². The Bertz CT molecular complexity index is 149. The summed E-state index contributed by atoms with van der Waals surface area (Å²) in [6.07, 6.45) is 3.90. The smallest absolute Gasteiger partial charge is 0.0477 e. The van der Waals surface area contributed by atoms with Gasteiger partial charge in [-0.05, 0) is 44.6 Å². The van der Waals surface area contributed by atoms with Crippen LogP contribution in [0.1, 0.15) is 40.0 Å². The van der Waals surface area contributed by atoms with Crippen molar-refractivity contribution >= 4 is 0 Å². The molecule has 0 bridgehead atoms. The zero-order valence-electron chi connectivity index (χ0n) is 9.88. The Morgan fingerprint density at radius 2 is 2.07 bits per heavy atom. The quantitative estimate of drug-likeness (QED) is 0.663. The molecule has 0 aromatic heterocycles. The van der Waals surface area contributed by atoms with Crippen LogP contribution in [0.3, 0.4) is 0 Å². The first-order chi connectivity index (χ1) is 6.75. The van der Waals surface area contributed by atoms with Crippen molar-refractivity contribution in [1.82, 2.24) is 5.32 Å². The normalized spacial score (nSPS) is 32.4. The molecule has 0 aromatic rings. The van der Waals surface area contributed by atoms with Gasteiger partial charge in [0.25, 0.3) is 0 Å². The molecule has 3 unspecified atom stereocenters. The summed E-state index contributed by atoms with van der Waals surface area (Å²) in [5.74, 6) is 1.75. The second-order valence-corrected chi connectivity index (χ2v) is 4.52. The highest BCUT2D eigenvalue weighted by atomic mass is 16.5. The van der Waals surface area contributed by atoms with Gasteiger partial charge < -0.3 is 10.1 Å². The molecule has 1 N–H and O–H groups in total. The lowest BCUT2D eigenvalue weighted by Gasteiger charge is -2.19. The van der Waals surface area contributed by atoms with Gasteiger partial charge in [-0.25, -0.2) is 0 Å². The Kier molecular flexibility index (Phi) is 5.49. The molecule has 0 heterocycles. The molecule has 1 rings (SSSR count). The highest BCUT2D eigenvalue weighted by Crippen LogP contribution is 2.30. The van der Waals surface area contributed by atoms with E-state index >= 15 is 0 Å². The monoisotopic (exact) mass is 199 g/mol. The topological polar surface area (TPSA) is 21.3 Å². The van der Waals surface area contributed by atoms with Gasteiger partial charge in [-0.2, -0.15) is 0 Å². The lowest BCUT2D eigenvalue weighted by atomic mass is 9.98. The van der Waals surface area contributed by atoms with Crippen molar-refractivity contribution in [3.05, 3.63) is 0 Å². The molecule has 84 valence electrons. The maximum absolute atomic E-state index is 5.31. The van der Waals surface area contributed by atoms with E-state index in [2.05, 4.69) is 19.2 Å². The Hall–Kier alpha value is -0.0800. The Labute approximate surface area is 88.4 Å². The molecule has 0 spiro atoms. The molecule has 0 aliphatic heterocycles. The predicted octanol–water partition coefficient (Wildman–Crippen LogP) is 2.44. The van der Waals surface area contributed by atoms with E-state index in [-0.39, 0.29) is 0 Å². The fourth-order valence-electron chi connectivity index (χ4n) is 2.26. The van der Waals surface area contributed by atoms with Crippen molar-refractivity contribution < 1.29 is 4.74 Å². The van der Waals surface area contributed by atoms with Crippen molar-refractivity contribution in [1.29, 1.82) is 0 Å². The summed E-state index contributed by atoms with van der Waals surface area (Å²) >= 11 is 0. The van der Waals surface area contributed by atoms with Crippen molar-refractivity contribution in [2.75, 3.05) is 19.8 Å². The molecular formula is C12H25NO. The van der Waals surface area contributed by atoms with Crippen LogP contribution >= 0.6 is 0 Å². The van der Waals surface area contributed by atoms with Crippen LogP contribution in [0.4, 0.5) is 0 Å². The Morgan fingerprint density at radius 3 is 2.64 bits per heavy atom. The maximum Gasteiger partial charge on any atom is 0.0477 e. The summed E-state index contributed by atoms with van der Waals surface area (Å²) in [5, 5.41) is 3.64. The highest BCUT2D eigenvalue weighted by molar-refractivity contribution is 4.84. The zero-order chi connectivity index (χ0) is 10.4. The molecule has 14 heavy (non-hydrogen) atoms. The second kappa shape index (κ2) is 6.41. The van der Waals surface area contributed by atoms with Gasteiger partial charge in [0.2, 0.25) is 0 Å². The minimum Gasteiger partial charge on any atom is -0.382 e. The van der Waals surface area contributed by atoms with Gasteiger partial charge in [-0.1, -0.05) is 13.8 Å². The van der Waals surface area contributed by atoms with Crippen molar-refractivity contribution in [3.8, 4) is 0 Å². The molecule has 1 aliphatic carbocycles. The van der Waals surface area contributed by atoms with E-state index in [1.165, 1.54) is 12.8 Å². The van der Waals surface area contributed by atoms with E-state index in [0.29, 0.717) is 0 Å². The van der Waals surface area contributed by atoms with Crippen LogP contribution in [0.25, 0.3) is 0 Å². The molecule has 2 nitrogen and oxygen atoms in total. The van der Waals surface area contributed by atoms with E-state index < -0.39 is 0 Å². The average Bonchev–Trinajstić information content (AvgIpc) is 2.49. The second-order valence-electron chi connectivity index (χ2n) is 4.52. The molecule has 1 fully saturated rings. The minimum atomic E-state index is 0.756. The van der Waals surface area contributed by atoms with Gasteiger partial charge in [0.15, 0.2) is 0 Å². The van der Waals surface area contributed by atoms with Crippen LogP contribution in [0, 0.1) is 11.8 Å². The largest absolute Gasteiger partial charge is 0.382 e. The number of ether oxygens (including phenoxy) is 1. The van der Waals surface area contributed by atoms with Crippen molar-refractivity contribution in [3.63, 3.8) is 0 Å². The molecule has 0 amide bonds. The van der Waals surface area contributed by atoms with Crippen LogP contribution in [0.15, 0.2) is 0 Å². The first kappa shape index (κ1) is 12.0. The van der Waals surface area contributed by atoms with E-state index in [4.69, 9.17) is 4.74 Å². The number of rotatable bonds is 6. The molecule has 3 atom stereocenters. The summed E-state index contributed by atoms with van der Waals surface area (Å²) in [5.41, 5.74) is 0. The first-order valence-corrected chi connectivity index (χ1v) is 6.06. The summed E-state index contributed by atoms with van der Waals surface area (Å²) in [6, 6.07) is 0.756. The molecule has 1 saturated carbocycles. The molecule has 2 heteroatoms. The maximum atomic E-state index is 5.31. The minimum absolute atomic E-state index is 0.756. The fourth-order valence-corrected chi connectivity index (χ4v) is 2.26. The first-order valence-electron chi connectivity index (χ1n) is 6.06. The lowest BCUT2D eigenvalue weighted by molar-refractivity contribution is 0.143. The lowest BCUT2D eigenvalue weighted by Crippen LogP contribution is -2.33. The fraction of sp³-hybridized carbons (Fsp3) is 1.00. The third-order valence-electron chi connectivity index (χ3n) is 3.54. The number of nitrogens with one attached hydrogen (secondary N) is 1. The van der Waals surface area contributed by atoms with E-state index in [1.807, 2.05) is 6.92 Å². The van der Waals surface area contributed by atoms with E-state index in [0.717, 1.165) is 44.1 Å². The molecule has 1 aliphatic rings. The van der Waals surface area contributed by atoms with Crippen molar-refractivity contribution in [2.24, 2.45) is 11.8 Å². The van der Waals surface area contributed by atoms with Crippen LogP contribution in [-0.4, -0.2) is 25.8 Å². The van der Waals surface area contributed by atoms with Crippen molar-refractivity contribution in [2.45, 2.75) is 46.1 Å². The van der Waals surface area contributed by atoms with Crippen LogP contribution < -0.4 is 5.32 Å². The number of hydrogen-bond donors (Lipinski definition) is 1. The Morgan fingerprint density at radius 1 is 1.29 bits per heavy atom. The predicted molar refractivity (Wildman–Crippen MR) is 60.5 cm³/mol. The third-order valence-corrected chi connectivity index (χ3v) is 3.54. The molecule has 0 aromatic carbocycles. The number of hydrogen-bond acceptors (Lipinski definition) is 2. The average molecular weight is 199 g/mol. The molecular weight excluding hydrogens is 174 g/mol. The Balaban J connectivity index is 2.01.